The highest BCUT2D eigenvalue weighted by atomic mass is 16.2. The maximum absolute atomic E-state index is 12.5. The number of carbonyl (C=O) groups excluding carboxylic acids is 1. The predicted octanol–water partition coefficient (Wildman–Crippen LogP) is 4.38. The monoisotopic (exact) mass is 315 g/mol. The van der Waals surface area contributed by atoms with Gasteiger partial charge in [-0.15, -0.1) is 0 Å². The van der Waals surface area contributed by atoms with Crippen LogP contribution in [0, 0.1) is 11.3 Å². The normalized spacial score (nSPS) is 10.2. The van der Waals surface area contributed by atoms with E-state index in [4.69, 9.17) is 5.26 Å². The van der Waals surface area contributed by atoms with Crippen molar-refractivity contribution in [2.75, 3.05) is 12.4 Å². The minimum Gasteiger partial charge on any atom is -0.323 e. The second-order valence-electron chi connectivity index (χ2n) is 5.63. The Kier molecular flexibility index (Phi) is 4.44. The van der Waals surface area contributed by atoms with Crippen LogP contribution in [0.25, 0.3) is 10.8 Å². The summed E-state index contributed by atoms with van der Waals surface area (Å²) in [4.78, 5) is 14.1. The average molecular weight is 315 g/mol. The molecule has 0 unspecified atom stereocenters. The second kappa shape index (κ2) is 6.84. The summed E-state index contributed by atoms with van der Waals surface area (Å²) in [5.74, 6) is 0. The molecule has 0 fully saturated rings. The van der Waals surface area contributed by atoms with Gasteiger partial charge in [-0.1, -0.05) is 48.5 Å². The van der Waals surface area contributed by atoms with Gasteiger partial charge in [-0.05, 0) is 29.1 Å². The Morgan fingerprint density at radius 2 is 1.83 bits per heavy atom. The Bertz CT molecular complexity index is 922. The quantitative estimate of drug-likeness (QED) is 0.780. The molecule has 1 N–H and O–H groups in total. The van der Waals surface area contributed by atoms with E-state index in [1.165, 1.54) is 0 Å². The molecule has 0 bridgehead atoms. The molecule has 3 aromatic rings. The van der Waals surface area contributed by atoms with Gasteiger partial charge in [0.15, 0.2) is 0 Å². The number of hydrogen-bond donors (Lipinski definition) is 1. The number of benzene rings is 3. The first-order valence-electron chi connectivity index (χ1n) is 7.66. The van der Waals surface area contributed by atoms with Crippen LogP contribution >= 0.6 is 0 Å². The molecule has 0 aliphatic heterocycles. The molecule has 0 heterocycles. The molecule has 0 aliphatic carbocycles. The summed E-state index contributed by atoms with van der Waals surface area (Å²) >= 11 is 0. The molecular formula is C20H17N3O. The molecule has 0 radical (unpaired) electrons. The van der Waals surface area contributed by atoms with Crippen molar-refractivity contribution >= 4 is 22.5 Å². The van der Waals surface area contributed by atoms with Gasteiger partial charge in [0.05, 0.1) is 17.3 Å². The Morgan fingerprint density at radius 3 is 2.67 bits per heavy atom. The van der Waals surface area contributed by atoms with Gasteiger partial charge in [-0.25, -0.2) is 4.79 Å². The molecule has 3 aromatic carbocycles. The number of amides is 2. The molecule has 0 saturated carbocycles. The lowest BCUT2D eigenvalue weighted by Crippen LogP contribution is -2.30. The molecule has 4 heteroatoms. The van der Waals surface area contributed by atoms with Gasteiger partial charge in [0.2, 0.25) is 0 Å². The fraction of sp³-hybridized carbons (Fsp3) is 0.100. The van der Waals surface area contributed by atoms with Gasteiger partial charge >= 0.3 is 6.03 Å². The summed E-state index contributed by atoms with van der Waals surface area (Å²) in [6.45, 7) is 0.437. The van der Waals surface area contributed by atoms with Crippen molar-refractivity contribution in [3.8, 4) is 6.07 Å². The topological polar surface area (TPSA) is 56.1 Å². The largest absolute Gasteiger partial charge is 0.323 e. The Morgan fingerprint density at radius 1 is 1.08 bits per heavy atom. The van der Waals surface area contributed by atoms with Crippen molar-refractivity contribution in [1.82, 2.24) is 4.90 Å². The molecule has 0 saturated heterocycles. The highest BCUT2D eigenvalue weighted by Gasteiger charge is 2.11. The number of rotatable bonds is 3. The van der Waals surface area contributed by atoms with Gasteiger partial charge in [-0.2, -0.15) is 5.26 Å². The van der Waals surface area contributed by atoms with Gasteiger partial charge in [0.1, 0.15) is 0 Å². The molecule has 0 spiro atoms. The zero-order valence-electron chi connectivity index (χ0n) is 13.4. The molecule has 3 rings (SSSR count). The highest BCUT2D eigenvalue weighted by Crippen LogP contribution is 2.23. The summed E-state index contributed by atoms with van der Waals surface area (Å²) in [5, 5.41) is 14.0. The molecule has 118 valence electrons. The van der Waals surface area contributed by atoms with Crippen LogP contribution in [0.4, 0.5) is 10.5 Å². The van der Waals surface area contributed by atoms with Crippen LogP contribution in [-0.4, -0.2) is 18.0 Å². The van der Waals surface area contributed by atoms with E-state index in [0.29, 0.717) is 12.1 Å². The van der Waals surface area contributed by atoms with Crippen LogP contribution in [-0.2, 0) is 6.54 Å². The fourth-order valence-electron chi connectivity index (χ4n) is 2.63. The van der Waals surface area contributed by atoms with Gasteiger partial charge < -0.3 is 10.2 Å². The molecular weight excluding hydrogens is 298 g/mol. The Labute approximate surface area is 140 Å². The Balaban J connectivity index is 1.75. The number of nitriles is 1. The van der Waals surface area contributed by atoms with Crippen molar-refractivity contribution in [1.29, 1.82) is 5.26 Å². The summed E-state index contributed by atoms with van der Waals surface area (Å²) in [5.41, 5.74) is 2.30. The third-order valence-corrected chi connectivity index (χ3v) is 3.85. The van der Waals surface area contributed by atoms with Crippen molar-refractivity contribution in [3.63, 3.8) is 0 Å². The SMILES string of the molecule is CN(Cc1cccc(C#N)c1)C(=O)Nc1cccc2ccccc12. The summed E-state index contributed by atoms with van der Waals surface area (Å²) in [6.07, 6.45) is 0. The fourth-order valence-corrected chi connectivity index (χ4v) is 2.63. The van der Waals surface area contributed by atoms with Crippen molar-refractivity contribution in [2.24, 2.45) is 0 Å². The van der Waals surface area contributed by atoms with E-state index in [-0.39, 0.29) is 6.03 Å². The lowest BCUT2D eigenvalue weighted by Gasteiger charge is -2.19. The van der Waals surface area contributed by atoms with E-state index in [0.717, 1.165) is 22.0 Å². The number of hydrogen-bond acceptors (Lipinski definition) is 2. The maximum atomic E-state index is 12.5. The molecule has 24 heavy (non-hydrogen) atoms. The van der Waals surface area contributed by atoms with E-state index in [1.54, 1.807) is 24.1 Å². The van der Waals surface area contributed by atoms with E-state index in [1.807, 2.05) is 54.6 Å². The number of anilines is 1. The van der Waals surface area contributed by atoms with Crippen molar-refractivity contribution in [3.05, 3.63) is 77.9 Å². The van der Waals surface area contributed by atoms with E-state index in [2.05, 4.69) is 11.4 Å². The molecule has 0 atom stereocenters. The Hall–Kier alpha value is -3.32. The molecule has 2 amide bonds. The second-order valence-corrected chi connectivity index (χ2v) is 5.63. The third-order valence-electron chi connectivity index (χ3n) is 3.85. The van der Waals surface area contributed by atoms with Crippen LogP contribution in [0.3, 0.4) is 0 Å². The van der Waals surface area contributed by atoms with Gasteiger partial charge in [0, 0.05) is 19.0 Å². The number of nitrogens with one attached hydrogen (secondary N) is 1. The predicted molar refractivity (Wildman–Crippen MR) is 95.6 cm³/mol. The first-order valence-corrected chi connectivity index (χ1v) is 7.66. The third kappa shape index (κ3) is 3.36. The number of carbonyl (C=O) groups is 1. The minimum absolute atomic E-state index is 0.186. The molecule has 0 aromatic heterocycles. The molecule has 0 aliphatic rings. The zero-order chi connectivity index (χ0) is 16.9. The highest BCUT2D eigenvalue weighted by molar-refractivity contribution is 6.01. The summed E-state index contributed by atoms with van der Waals surface area (Å²) < 4.78 is 0. The zero-order valence-corrected chi connectivity index (χ0v) is 13.4. The lowest BCUT2D eigenvalue weighted by atomic mass is 10.1. The van der Waals surface area contributed by atoms with E-state index in [9.17, 15) is 4.79 Å². The smallest absolute Gasteiger partial charge is 0.321 e. The van der Waals surface area contributed by atoms with Crippen LogP contribution in [0.2, 0.25) is 0 Å². The number of nitrogens with zero attached hydrogens (tertiary/aromatic N) is 2. The van der Waals surface area contributed by atoms with Crippen molar-refractivity contribution in [2.45, 2.75) is 6.54 Å². The van der Waals surface area contributed by atoms with Crippen LogP contribution in [0.5, 0.6) is 0 Å². The van der Waals surface area contributed by atoms with Gasteiger partial charge in [-0.3, -0.25) is 0 Å². The van der Waals surface area contributed by atoms with Crippen LogP contribution < -0.4 is 5.32 Å². The average Bonchev–Trinajstić information content (AvgIpc) is 2.62. The van der Waals surface area contributed by atoms with E-state index < -0.39 is 0 Å². The first-order chi connectivity index (χ1) is 11.7. The number of fused-ring (bicyclic) bond motifs is 1. The number of urea groups is 1. The van der Waals surface area contributed by atoms with E-state index >= 15 is 0 Å². The summed E-state index contributed by atoms with van der Waals surface area (Å²) in [7, 11) is 1.74. The standard InChI is InChI=1S/C20H17N3O/c1-23(14-16-7-4-6-15(12-16)13-21)20(24)22-19-11-5-9-17-8-2-3-10-18(17)19/h2-12H,14H2,1H3,(H,22,24). The van der Waals surface area contributed by atoms with Crippen LogP contribution in [0.15, 0.2) is 66.7 Å². The lowest BCUT2D eigenvalue weighted by molar-refractivity contribution is 0.220. The minimum atomic E-state index is -0.186. The maximum Gasteiger partial charge on any atom is 0.321 e. The van der Waals surface area contributed by atoms with Crippen molar-refractivity contribution < 1.29 is 4.79 Å². The molecule has 4 nitrogen and oxygen atoms in total. The first kappa shape index (κ1) is 15.6. The summed E-state index contributed by atoms with van der Waals surface area (Å²) in [6, 6.07) is 23.0. The van der Waals surface area contributed by atoms with Gasteiger partial charge in [0.25, 0.3) is 0 Å². The van der Waals surface area contributed by atoms with Crippen LogP contribution in [0.1, 0.15) is 11.1 Å².